The number of allylic oxidation sites excluding steroid dienone is 2. The van der Waals surface area contributed by atoms with Crippen molar-refractivity contribution < 1.29 is 0 Å². The molecule has 5 aromatic carbocycles. The summed E-state index contributed by atoms with van der Waals surface area (Å²) in [4.78, 5) is 0. The van der Waals surface area contributed by atoms with Gasteiger partial charge in [0.15, 0.2) is 0 Å². The number of rotatable bonds is 3. The molecule has 3 aliphatic carbocycles. The van der Waals surface area contributed by atoms with Gasteiger partial charge in [-0.25, -0.2) is 0 Å². The number of hydrogen-bond acceptors (Lipinski definition) is 0. The van der Waals surface area contributed by atoms with E-state index in [9.17, 15) is 0 Å². The maximum Gasteiger partial charge on any atom is 0.0288 e. The molecule has 0 aliphatic heterocycles. The van der Waals surface area contributed by atoms with Crippen LogP contribution in [0.25, 0.3) is 34.4 Å². The molecule has 0 saturated carbocycles. The first-order chi connectivity index (χ1) is 18.4. The molecule has 0 aromatic heterocycles. The lowest BCUT2D eigenvalue weighted by molar-refractivity contribution is 0.954. The third-order valence-electron chi connectivity index (χ3n) is 8.49. The van der Waals surface area contributed by atoms with Crippen molar-refractivity contribution in [3.8, 4) is 22.3 Å². The Balaban J connectivity index is 1.49. The fourth-order valence-electron chi connectivity index (χ4n) is 6.86. The second-order valence-corrected chi connectivity index (χ2v) is 10.4. The smallest absolute Gasteiger partial charge is 0.0288 e. The molecular formula is C37H26. The third-order valence-corrected chi connectivity index (χ3v) is 8.49. The molecule has 5 aromatic rings. The maximum atomic E-state index is 2.54. The van der Waals surface area contributed by atoms with Gasteiger partial charge >= 0.3 is 0 Å². The van der Waals surface area contributed by atoms with Crippen LogP contribution in [0, 0.1) is 0 Å². The molecule has 0 N–H and O–H groups in total. The quantitative estimate of drug-likeness (QED) is 0.242. The number of hydrogen-bond donors (Lipinski definition) is 0. The van der Waals surface area contributed by atoms with E-state index in [1.54, 1.807) is 0 Å². The standard InChI is InChI=1S/C37H26/c1-2-12-26(13-3-1)36-34-22-27-14-6-9-17-30(27)33(34)23-35(31-20-18-24-10-4-7-15-28(24)31)37(36)32-21-19-25-11-5-8-16-29(25)32/h1-21,23,31-32H,22H2. The van der Waals surface area contributed by atoms with E-state index < -0.39 is 0 Å². The van der Waals surface area contributed by atoms with Crippen LogP contribution in [0.3, 0.4) is 0 Å². The van der Waals surface area contributed by atoms with Crippen molar-refractivity contribution in [2.45, 2.75) is 18.3 Å². The lowest BCUT2D eigenvalue weighted by Gasteiger charge is -2.27. The Hall–Kier alpha value is -4.42. The Morgan fingerprint density at radius 3 is 1.92 bits per heavy atom. The first-order valence-corrected chi connectivity index (χ1v) is 13.2. The highest BCUT2D eigenvalue weighted by atomic mass is 14.4. The Morgan fingerprint density at radius 2 is 1.14 bits per heavy atom. The summed E-state index contributed by atoms with van der Waals surface area (Å²) in [5.41, 5.74) is 16.8. The summed E-state index contributed by atoms with van der Waals surface area (Å²) in [6, 6.07) is 40.4. The summed E-state index contributed by atoms with van der Waals surface area (Å²) >= 11 is 0. The van der Waals surface area contributed by atoms with Crippen molar-refractivity contribution >= 4 is 12.2 Å². The van der Waals surface area contributed by atoms with Gasteiger partial charge in [-0.05, 0) is 79.2 Å². The van der Waals surface area contributed by atoms with Crippen LogP contribution in [0.15, 0.2) is 121 Å². The first kappa shape index (κ1) is 20.7. The Kier molecular flexibility index (Phi) is 4.51. The molecule has 0 heterocycles. The van der Waals surface area contributed by atoms with Crippen LogP contribution in [-0.4, -0.2) is 0 Å². The summed E-state index contributed by atoms with van der Waals surface area (Å²) in [6.07, 6.45) is 10.5. The van der Waals surface area contributed by atoms with Crippen molar-refractivity contribution in [2.75, 3.05) is 0 Å². The van der Waals surface area contributed by atoms with Crippen LogP contribution in [0.5, 0.6) is 0 Å². The molecule has 174 valence electrons. The molecule has 8 rings (SSSR count). The lowest BCUT2D eigenvalue weighted by Crippen LogP contribution is -2.10. The predicted octanol–water partition coefficient (Wildman–Crippen LogP) is 9.24. The minimum absolute atomic E-state index is 0.233. The van der Waals surface area contributed by atoms with Gasteiger partial charge in [-0.1, -0.05) is 127 Å². The van der Waals surface area contributed by atoms with E-state index in [0.29, 0.717) is 0 Å². The van der Waals surface area contributed by atoms with Gasteiger partial charge in [0.2, 0.25) is 0 Å². The number of benzene rings is 5. The summed E-state index contributed by atoms with van der Waals surface area (Å²) in [5, 5.41) is 0. The van der Waals surface area contributed by atoms with Gasteiger partial charge in [0.25, 0.3) is 0 Å². The molecule has 0 nitrogen and oxygen atoms in total. The lowest BCUT2D eigenvalue weighted by atomic mass is 9.76. The largest absolute Gasteiger partial charge is 0.0720 e. The van der Waals surface area contributed by atoms with Crippen LogP contribution in [0.4, 0.5) is 0 Å². The molecule has 0 heteroatoms. The zero-order valence-electron chi connectivity index (χ0n) is 20.6. The summed E-state index contributed by atoms with van der Waals surface area (Å²) < 4.78 is 0. The molecule has 0 fully saturated rings. The molecule has 0 amide bonds. The van der Waals surface area contributed by atoms with Crippen molar-refractivity contribution in [3.05, 3.63) is 166 Å². The summed E-state index contributed by atoms with van der Waals surface area (Å²) in [5.74, 6) is 0.476. The van der Waals surface area contributed by atoms with Crippen molar-refractivity contribution in [3.63, 3.8) is 0 Å². The second-order valence-electron chi connectivity index (χ2n) is 10.4. The van der Waals surface area contributed by atoms with Crippen molar-refractivity contribution in [2.24, 2.45) is 0 Å². The molecule has 3 aliphatic rings. The predicted molar refractivity (Wildman–Crippen MR) is 155 cm³/mol. The van der Waals surface area contributed by atoms with Crippen LogP contribution in [-0.2, 0) is 6.42 Å². The van der Waals surface area contributed by atoms with E-state index in [1.165, 1.54) is 66.8 Å². The van der Waals surface area contributed by atoms with Gasteiger partial charge in [-0.2, -0.15) is 0 Å². The third kappa shape index (κ3) is 3.09. The van der Waals surface area contributed by atoms with Gasteiger partial charge in [0, 0.05) is 11.8 Å². The molecule has 37 heavy (non-hydrogen) atoms. The van der Waals surface area contributed by atoms with Gasteiger partial charge in [0.1, 0.15) is 0 Å². The molecule has 2 unspecified atom stereocenters. The average Bonchev–Trinajstić information content (AvgIpc) is 3.67. The van der Waals surface area contributed by atoms with E-state index in [0.717, 1.165) is 6.42 Å². The topological polar surface area (TPSA) is 0 Å². The highest BCUT2D eigenvalue weighted by molar-refractivity contribution is 5.90. The van der Waals surface area contributed by atoms with Crippen LogP contribution in [0.2, 0.25) is 0 Å². The molecule has 0 bridgehead atoms. The van der Waals surface area contributed by atoms with E-state index in [4.69, 9.17) is 0 Å². The second kappa shape index (κ2) is 8.05. The average molecular weight is 471 g/mol. The van der Waals surface area contributed by atoms with Crippen LogP contribution in [0.1, 0.15) is 56.3 Å². The Labute approximate surface area is 218 Å². The van der Waals surface area contributed by atoms with Gasteiger partial charge in [0.05, 0.1) is 0 Å². The maximum absolute atomic E-state index is 2.54. The highest BCUT2D eigenvalue weighted by Crippen LogP contribution is 2.52. The first-order valence-electron chi connectivity index (χ1n) is 13.2. The molecule has 0 spiro atoms. The van der Waals surface area contributed by atoms with Gasteiger partial charge < -0.3 is 0 Å². The van der Waals surface area contributed by atoms with E-state index in [1.807, 2.05) is 0 Å². The van der Waals surface area contributed by atoms with Gasteiger partial charge in [-0.3, -0.25) is 0 Å². The highest BCUT2D eigenvalue weighted by Gasteiger charge is 2.34. The van der Waals surface area contributed by atoms with E-state index in [-0.39, 0.29) is 11.8 Å². The molecule has 0 saturated heterocycles. The monoisotopic (exact) mass is 470 g/mol. The van der Waals surface area contributed by atoms with E-state index >= 15 is 0 Å². The zero-order valence-corrected chi connectivity index (χ0v) is 20.6. The summed E-state index contributed by atoms with van der Waals surface area (Å²) in [7, 11) is 0. The number of fused-ring (bicyclic) bond motifs is 5. The fourth-order valence-corrected chi connectivity index (χ4v) is 6.86. The van der Waals surface area contributed by atoms with Crippen LogP contribution < -0.4 is 0 Å². The fraction of sp³-hybridized carbons (Fsp3) is 0.0811. The van der Waals surface area contributed by atoms with Gasteiger partial charge in [-0.15, -0.1) is 0 Å². The Morgan fingerprint density at radius 1 is 0.514 bits per heavy atom. The minimum atomic E-state index is 0.233. The molecule has 2 atom stereocenters. The Bertz CT molecular complexity index is 1750. The molecular weight excluding hydrogens is 444 g/mol. The van der Waals surface area contributed by atoms with E-state index in [2.05, 4.69) is 133 Å². The normalized spacial score (nSPS) is 17.9. The zero-order chi connectivity index (χ0) is 24.3. The SMILES string of the molecule is C1=CC(c2cc3c(c(-c4ccccc4)c2C2C=Cc4ccccc42)Cc2ccccc2-3)c2ccccc21. The van der Waals surface area contributed by atoms with Crippen molar-refractivity contribution in [1.82, 2.24) is 0 Å². The van der Waals surface area contributed by atoms with Crippen LogP contribution >= 0.6 is 0 Å². The van der Waals surface area contributed by atoms with Crippen molar-refractivity contribution in [1.29, 1.82) is 0 Å². The summed E-state index contributed by atoms with van der Waals surface area (Å²) in [6.45, 7) is 0. The molecule has 0 radical (unpaired) electrons. The minimum Gasteiger partial charge on any atom is -0.0720 e.